The molecule has 1 aromatic heterocycles. The molecule has 152 valence electrons. The highest BCUT2D eigenvalue weighted by Gasteiger charge is 2.36. The third-order valence-corrected chi connectivity index (χ3v) is 8.79. The molecular weight excluding hydrogens is 404 g/mol. The van der Waals surface area contributed by atoms with Gasteiger partial charge in [0.15, 0.2) is 0 Å². The predicted octanol–water partition coefficient (Wildman–Crippen LogP) is 4.06. The molecule has 1 N–H and O–H groups in total. The van der Waals surface area contributed by atoms with Gasteiger partial charge in [0.1, 0.15) is 0 Å². The van der Waals surface area contributed by atoms with Crippen molar-refractivity contribution in [2.45, 2.75) is 31.1 Å². The molecule has 0 saturated carbocycles. The molecule has 3 aromatic rings. The second-order valence-electron chi connectivity index (χ2n) is 7.51. The zero-order chi connectivity index (χ0) is 20.8. The van der Waals surface area contributed by atoms with Gasteiger partial charge in [-0.2, -0.15) is 4.31 Å². The molecule has 7 heteroatoms. The number of hydrogen-bond donors (Lipinski definition) is 1. The summed E-state index contributed by atoms with van der Waals surface area (Å²) in [5, 5.41) is 3.77. The lowest BCUT2D eigenvalue weighted by atomic mass is 9.95. The number of nitrogens with zero attached hydrogens (tertiary/aromatic N) is 1. The number of hydrogen-bond acceptors (Lipinski definition) is 4. The van der Waals surface area contributed by atoms with Gasteiger partial charge in [-0.1, -0.05) is 24.3 Å². The van der Waals surface area contributed by atoms with Crippen LogP contribution in [-0.2, 0) is 10.0 Å². The maximum atomic E-state index is 13.2. The summed E-state index contributed by atoms with van der Waals surface area (Å²) in [5.74, 6) is -0.114. The van der Waals surface area contributed by atoms with Crippen molar-refractivity contribution in [1.82, 2.24) is 9.62 Å². The topological polar surface area (TPSA) is 66.5 Å². The minimum absolute atomic E-state index is 0.000213. The van der Waals surface area contributed by atoms with E-state index >= 15 is 0 Å². The average Bonchev–Trinajstić information content (AvgIpc) is 3.34. The van der Waals surface area contributed by atoms with Crippen LogP contribution in [0.25, 0.3) is 10.1 Å². The van der Waals surface area contributed by atoms with Crippen LogP contribution in [0.4, 0.5) is 0 Å². The van der Waals surface area contributed by atoms with Gasteiger partial charge < -0.3 is 5.32 Å². The Morgan fingerprint density at radius 3 is 2.62 bits per heavy atom. The molecule has 0 bridgehead atoms. The van der Waals surface area contributed by atoms with E-state index in [1.54, 1.807) is 23.5 Å². The number of amides is 1. The number of nitrogens with one attached hydrogen (secondary N) is 1. The van der Waals surface area contributed by atoms with E-state index in [-0.39, 0.29) is 11.8 Å². The van der Waals surface area contributed by atoms with Gasteiger partial charge in [0.25, 0.3) is 5.91 Å². The minimum atomic E-state index is -3.56. The van der Waals surface area contributed by atoms with Crippen molar-refractivity contribution >= 4 is 37.4 Å². The van der Waals surface area contributed by atoms with Crippen LogP contribution < -0.4 is 5.32 Å². The molecule has 1 saturated heterocycles. The fourth-order valence-electron chi connectivity index (χ4n) is 3.96. The number of carbonyl (C=O) groups is 1. The fourth-order valence-corrected chi connectivity index (χ4v) is 6.78. The molecule has 5 nitrogen and oxygen atoms in total. The second-order valence-corrected chi connectivity index (χ2v) is 10.5. The van der Waals surface area contributed by atoms with Crippen molar-refractivity contribution in [3.8, 4) is 0 Å². The summed E-state index contributed by atoms with van der Waals surface area (Å²) < 4.78 is 29.0. The number of aryl methyl sites for hydroxylation is 2. The van der Waals surface area contributed by atoms with Gasteiger partial charge in [-0.05, 0) is 60.5 Å². The van der Waals surface area contributed by atoms with E-state index in [0.717, 1.165) is 26.8 Å². The number of sulfonamides is 1. The van der Waals surface area contributed by atoms with Crippen LogP contribution in [0.2, 0.25) is 0 Å². The SMILES string of the molecule is CNC(=O)c1sc2ccccc2c1[C@@H]1CCN(S(=O)(=O)c2ccc(C)c(C)c2)C1. The van der Waals surface area contributed by atoms with E-state index in [2.05, 4.69) is 5.32 Å². The van der Waals surface area contributed by atoms with Crippen LogP contribution in [0.3, 0.4) is 0 Å². The number of rotatable bonds is 4. The number of carbonyl (C=O) groups excluding carboxylic acids is 1. The molecular formula is C22H24N2O3S2. The van der Waals surface area contributed by atoms with Gasteiger partial charge in [-0.3, -0.25) is 4.79 Å². The van der Waals surface area contributed by atoms with Crippen LogP contribution in [0.5, 0.6) is 0 Å². The van der Waals surface area contributed by atoms with Gasteiger partial charge in [-0.15, -0.1) is 11.3 Å². The third kappa shape index (κ3) is 3.47. The van der Waals surface area contributed by atoms with E-state index < -0.39 is 10.0 Å². The molecule has 0 unspecified atom stereocenters. The quantitative estimate of drug-likeness (QED) is 0.682. The summed E-state index contributed by atoms with van der Waals surface area (Å²) in [4.78, 5) is 13.5. The molecule has 0 spiro atoms. The first-order valence-corrected chi connectivity index (χ1v) is 11.9. The highest BCUT2D eigenvalue weighted by molar-refractivity contribution is 7.89. The van der Waals surface area contributed by atoms with Crippen molar-refractivity contribution in [1.29, 1.82) is 0 Å². The number of fused-ring (bicyclic) bond motifs is 1. The smallest absolute Gasteiger partial charge is 0.261 e. The Morgan fingerprint density at radius 2 is 1.90 bits per heavy atom. The third-order valence-electron chi connectivity index (χ3n) is 5.74. The van der Waals surface area contributed by atoms with E-state index in [0.29, 0.717) is 29.3 Å². The highest BCUT2D eigenvalue weighted by atomic mass is 32.2. The van der Waals surface area contributed by atoms with Crippen molar-refractivity contribution in [3.05, 3.63) is 64.0 Å². The monoisotopic (exact) mass is 428 g/mol. The Morgan fingerprint density at radius 1 is 1.14 bits per heavy atom. The lowest BCUT2D eigenvalue weighted by molar-refractivity contribution is 0.0966. The Kier molecular flexibility index (Phi) is 5.23. The molecule has 1 aliphatic heterocycles. The first-order chi connectivity index (χ1) is 13.8. The molecule has 29 heavy (non-hydrogen) atoms. The molecule has 1 aliphatic rings. The standard InChI is InChI=1S/C22H24N2O3S2/c1-14-8-9-17(12-15(14)2)29(26,27)24-11-10-16(13-24)20-18-6-4-5-7-19(18)28-21(20)22(25)23-3/h4-9,12,16H,10-11,13H2,1-3H3,(H,23,25)/t16-/m1/s1. The molecule has 1 amide bonds. The second kappa shape index (κ2) is 7.55. The summed E-state index contributed by atoms with van der Waals surface area (Å²) in [5.41, 5.74) is 3.01. The largest absolute Gasteiger partial charge is 0.354 e. The Bertz CT molecular complexity index is 1200. The van der Waals surface area contributed by atoms with Gasteiger partial charge >= 0.3 is 0 Å². The molecule has 4 rings (SSSR count). The van der Waals surface area contributed by atoms with Crippen LogP contribution in [0.15, 0.2) is 47.4 Å². The van der Waals surface area contributed by atoms with E-state index in [9.17, 15) is 13.2 Å². The lowest BCUT2D eigenvalue weighted by Gasteiger charge is -2.18. The van der Waals surface area contributed by atoms with Gasteiger partial charge in [0.05, 0.1) is 9.77 Å². The van der Waals surface area contributed by atoms with Crippen molar-refractivity contribution in [3.63, 3.8) is 0 Å². The van der Waals surface area contributed by atoms with Crippen LogP contribution in [0.1, 0.15) is 38.7 Å². The summed E-state index contributed by atoms with van der Waals surface area (Å²) in [6.07, 6.45) is 0.703. The van der Waals surface area contributed by atoms with Crippen molar-refractivity contribution in [2.75, 3.05) is 20.1 Å². The zero-order valence-electron chi connectivity index (χ0n) is 16.7. The van der Waals surface area contributed by atoms with Gasteiger partial charge in [-0.25, -0.2) is 8.42 Å². The van der Waals surface area contributed by atoms with Crippen LogP contribution in [-0.4, -0.2) is 38.8 Å². The first-order valence-electron chi connectivity index (χ1n) is 9.64. The molecule has 1 atom stereocenters. The van der Waals surface area contributed by atoms with Crippen LogP contribution >= 0.6 is 11.3 Å². The first kappa shape index (κ1) is 20.1. The maximum absolute atomic E-state index is 13.2. The predicted molar refractivity (Wildman–Crippen MR) is 117 cm³/mol. The zero-order valence-corrected chi connectivity index (χ0v) is 18.4. The lowest BCUT2D eigenvalue weighted by Crippen LogP contribution is -2.29. The summed E-state index contributed by atoms with van der Waals surface area (Å²) in [7, 11) is -1.93. The normalized spacial score (nSPS) is 17.7. The van der Waals surface area contributed by atoms with Crippen LogP contribution in [0, 0.1) is 13.8 Å². The molecule has 0 aliphatic carbocycles. The van der Waals surface area contributed by atoms with Gasteiger partial charge in [0, 0.05) is 30.8 Å². The van der Waals surface area contributed by atoms with Gasteiger partial charge in [0.2, 0.25) is 10.0 Å². The highest BCUT2D eigenvalue weighted by Crippen LogP contribution is 2.41. The molecule has 2 heterocycles. The molecule has 2 aromatic carbocycles. The van der Waals surface area contributed by atoms with Crippen molar-refractivity contribution in [2.24, 2.45) is 0 Å². The van der Waals surface area contributed by atoms with E-state index in [1.807, 2.05) is 44.2 Å². The Balaban J connectivity index is 1.70. The number of thiophene rings is 1. The summed E-state index contributed by atoms with van der Waals surface area (Å²) in [6.45, 7) is 4.74. The molecule has 0 radical (unpaired) electrons. The maximum Gasteiger partial charge on any atom is 0.261 e. The fraction of sp³-hybridized carbons (Fsp3) is 0.318. The Hall–Kier alpha value is -2.22. The number of benzene rings is 2. The minimum Gasteiger partial charge on any atom is -0.354 e. The average molecular weight is 429 g/mol. The summed E-state index contributed by atoms with van der Waals surface area (Å²) >= 11 is 1.47. The summed E-state index contributed by atoms with van der Waals surface area (Å²) in [6, 6.07) is 13.2. The molecule has 1 fully saturated rings. The van der Waals surface area contributed by atoms with E-state index in [1.165, 1.54) is 11.3 Å². The Labute approximate surface area is 175 Å². The van der Waals surface area contributed by atoms with E-state index in [4.69, 9.17) is 0 Å². The van der Waals surface area contributed by atoms with Crippen molar-refractivity contribution < 1.29 is 13.2 Å².